The maximum Gasteiger partial charge on any atom is 0.573 e. The molecule has 2 atom stereocenters. The molecule has 0 aliphatic carbocycles. The summed E-state index contributed by atoms with van der Waals surface area (Å²) in [4.78, 5) is 20.3. The number of carbonyl (C=O) groups excluding carboxylic acids is 1. The Hall–Kier alpha value is -2.56. The molecule has 2 heterocycles. The van der Waals surface area contributed by atoms with Crippen molar-refractivity contribution in [3.05, 3.63) is 65.2 Å². The van der Waals surface area contributed by atoms with Gasteiger partial charge in [-0.05, 0) is 78.8 Å². The fourth-order valence-corrected chi connectivity index (χ4v) is 6.70. The molecule has 4 rings (SSSR count). The molecule has 2 saturated heterocycles. The van der Waals surface area contributed by atoms with E-state index in [1.54, 1.807) is 19.0 Å². The van der Waals surface area contributed by atoms with Crippen molar-refractivity contribution in [3.8, 4) is 5.75 Å². The molecule has 43 heavy (non-hydrogen) atoms. The molecule has 2 aliphatic heterocycles. The number of piperidine rings is 1. The number of nitrogens with zero attached hydrogens (tertiary/aromatic N) is 3. The number of rotatable bonds is 8. The third kappa shape index (κ3) is 8.55. The van der Waals surface area contributed by atoms with E-state index >= 15 is 0 Å². The molecular formula is C33H47BF3N3O3. The van der Waals surface area contributed by atoms with Crippen LogP contribution >= 0.6 is 0 Å². The van der Waals surface area contributed by atoms with E-state index in [1.165, 1.54) is 17.7 Å². The Balaban J connectivity index is 1.60. The Bertz CT molecular complexity index is 1210. The van der Waals surface area contributed by atoms with E-state index in [0.29, 0.717) is 32.0 Å². The van der Waals surface area contributed by atoms with Gasteiger partial charge in [-0.15, -0.1) is 13.2 Å². The van der Waals surface area contributed by atoms with E-state index in [0.717, 1.165) is 37.1 Å². The number of amides is 1. The van der Waals surface area contributed by atoms with E-state index in [-0.39, 0.29) is 35.1 Å². The van der Waals surface area contributed by atoms with Crippen LogP contribution in [0.5, 0.6) is 5.75 Å². The van der Waals surface area contributed by atoms with Gasteiger partial charge in [0.1, 0.15) is 5.75 Å². The van der Waals surface area contributed by atoms with Crippen LogP contribution in [0.3, 0.4) is 0 Å². The van der Waals surface area contributed by atoms with Crippen molar-refractivity contribution in [2.75, 3.05) is 32.7 Å². The van der Waals surface area contributed by atoms with Gasteiger partial charge in [-0.1, -0.05) is 71.0 Å². The van der Waals surface area contributed by atoms with E-state index in [1.807, 2.05) is 12.1 Å². The molecule has 2 aliphatic rings. The van der Waals surface area contributed by atoms with Crippen molar-refractivity contribution in [2.45, 2.75) is 85.1 Å². The van der Waals surface area contributed by atoms with Crippen LogP contribution in [-0.4, -0.2) is 77.7 Å². The van der Waals surface area contributed by atoms with Gasteiger partial charge in [0.15, 0.2) is 0 Å². The SMILES string of the molecule is CB(O)N1CCC(CC(=O)N2CCN(C(c3ccc(OC(F)(F)F)cc3)c3ccccc3C(C)C)C[C@@H]2C(C)(C)C)CC1. The van der Waals surface area contributed by atoms with Crippen molar-refractivity contribution in [3.63, 3.8) is 0 Å². The topological polar surface area (TPSA) is 56.2 Å². The molecule has 2 fully saturated rings. The van der Waals surface area contributed by atoms with Gasteiger partial charge >= 0.3 is 13.4 Å². The first-order valence-electron chi connectivity index (χ1n) is 15.5. The Morgan fingerprint density at radius 1 is 0.977 bits per heavy atom. The number of ether oxygens (including phenoxy) is 1. The van der Waals surface area contributed by atoms with E-state index in [2.05, 4.69) is 66.1 Å². The van der Waals surface area contributed by atoms with Gasteiger partial charge in [-0.3, -0.25) is 9.69 Å². The van der Waals surface area contributed by atoms with E-state index in [9.17, 15) is 23.0 Å². The zero-order valence-corrected chi connectivity index (χ0v) is 26.4. The van der Waals surface area contributed by atoms with Crippen LogP contribution in [0, 0.1) is 11.3 Å². The zero-order chi connectivity index (χ0) is 31.5. The van der Waals surface area contributed by atoms with Crippen molar-refractivity contribution in [1.29, 1.82) is 0 Å². The Morgan fingerprint density at radius 2 is 1.58 bits per heavy atom. The van der Waals surface area contributed by atoms with Gasteiger partial charge in [0.2, 0.25) is 5.91 Å². The molecule has 2 aromatic carbocycles. The van der Waals surface area contributed by atoms with Gasteiger partial charge in [0.25, 0.3) is 0 Å². The minimum absolute atomic E-state index is 0.0344. The summed E-state index contributed by atoms with van der Waals surface area (Å²) in [6.45, 7) is 16.1. The summed E-state index contributed by atoms with van der Waals surface area (Å²) in [5.41, 5.74) is 3.02. The summed E-state index contributed by atoms with van der Waals surface area (Å²) < 4.78 is 42.8. The molecule has 10 heteroatoms. The van der Waals surface area contributed by atoms with Crippen LogP contribution in [0.4, 0.5) is 13.2 Å². The smallest absolute Gasteiger partial charge is 0.437 e. The maximum absolute atomic E-state index is 13.8. The Kier molecular flexibility index (Phi) is 10.6. The molecule has 6 nitrogen and oxygen atoms in total. The molecule has 2 aromatic rings. The first-order chi connectivity index (χ1) is 20.1. The minimum atomic E-state index is -4.75. The van der Waals surface area contributed by atoms with Crippen LogP contribution in [0.15, 0.2) is 48.5 Å². The lowest BCUT2D eigenvalue weighted by Gasteiger charge is -2.50. The second-order valence-corrected chi connectivity index (χ2v) is 13.6. The molecule has 0 aromatic heterocycles. The van der Waals surface area contributed by atoms with E-state index < -0.39 is 13.4 Å². The molecule has 0 radical (unpaired) electrons. The standard InChI is InChI=1S/C33H47BF3N3O3/c1-23(2)27-9-7-8-10-28(27)31(25-11-13-26(14-12-25)43-33(35,36)37)38-19-20-40(29(22-38)32(3,4)5)30(41)21-24-15-17-39(18-16-24)34(6)42/h7-14,23-24,29,31,42H,15-22H2,1-6H3/t29-,31?/m1/s1. The number of alkyl halides is 3. The molecule has 0 spiro atoms. The van der Waals surface area contributed by atoms with Crippen molar-refractivity contribution in [2.24, 2.45) is 11.3 Å². The number of hydrogen-bond acceptors (Lipinski definition) is 5. The lowest BCUT2D eigenvalue weighted by molar-refractivity contribution is -0.274. The molecule has 0 bridgehead atoms. The van der Waals surface area contributed by atoms with Crippen molar-refractivity contribution >= 4 is 13.0 Å². The van der Waals surface area contributed by atoms with Crippen molar-refractivity contribution < 1.29 is 27.7 Å². The average Bonchev–Trinajstić information content (AvgIpc) is 2.93. The van der Waals surface area contributed by atoms with Crippen molar-refractivity contribution in [1.82, 2.24) is 14.6 Å². The normalized spacial score (nSPS) is 20.3. The van der Waals surface area contributed by atoms with E-state index in [4.69, 9.17) is 0 Å². The summed E-state index contributed by atoms with van der Waals surface area (Å²) >= 11 is 0. The summed E-state index contributed by atoms with van der Waals surface area (Å²) in [5, 5.41) is 9.91. The second kappa shape index (κ2) is 13.6. The van der Waals surface area contributed by atoms with Crippen LogP contribution < -0.4 is 4.74 Å². The third-order valence-corrected chi connectivity index (χ3v) is 9.08. The zero-order valence-electron chi connectivity index (χ0n) is 26.4. The fourth-order valence-electron chi connectivity index (χ4n) is 6.70. The lowest BCUT2D eigenvalue weighted by Crippen LogP contribution is -2.60. The predicted octanol–water partition coefficient (Wildman–Crippen LogP) is 6.57. The quantitative estimate of drug-likeness (QED) is 0.347. The summed E-state index contributed by atoms with van der Waals surface area (Å²) in [7, 11) is -0.461. The highest BCUT2D eigenvalue weighted by Gasteiger charge is 2.41. The third-order valence-electron chi connectivity index (χ3n) is 9.08. The number of halogens is 3. The number of carbonyl (C=O) groups is 1. The monoisotopic (exact) mass is 601 g/mol. The molecule has 1 amide bonds. The fraction of sp³-hybridized carbons (Fsp3) is 0.606. The summed E-state index contributed by atoms with van der Waals surface area (Å²) in [5.74, 6) is 0.509. The van der Waals surface area contributed by atoms with Crippen LogP contribution in [0.25, 0.3) is 0 Å². The highest BCUT2D eigenvalue weighted by atomic mass is 19.4. The van der Waals surface area contributed by atoms with Gasteiger partial charge in [0, 0.05) is 32.1 Å². The molecule has 236 valence electrons. The lowest BCUT2D eigenvalue weighted by atomic mass is 9.79. The summed E-state index contributed by atoms with van der Waals surface area (Å²) in [6.07, 6.45) is -2.43. The Morgan fingerprint density at radius 3 is 2.12 bits per heavy atom. The largest absolute Gasteiger partial charge is 0.573 e. The number of hydrogen-bond donors (Lipinski definition) is 1. The van der Waals surface area contributed by atoms with Gasteiger partial charge in [-0.2, -0.15) is 0 Å². The molecule has 1 N–H and O–H groups in total. The highest BCUT2D eigenvalue weighted by molar-refractivity contribution is 6.45. The van der Waals surface area contributed by atoms with Crippen LogP contribution in [0.1, 0.15) is 82.5 Å². The first-order valence-corrected chi connectivity index (χ1v) is 15.5. The minimum Gasteiger partial charge on any atom is -0.437 e. The molecule has 0 saturated carbocycles. The number of benzene rings is 2. The number of piperazine rings is 1. The second-order valence-electron chi connectivity index (χ2n) is 13.6. The van der Waals surface area contributed by atoms with Gasteiger partial charge in [0.05, 0.1) is 6.04 Å². The summed E-state index contributed by atoms with van der Waals surface area (Å²) in [6, 6.07) is 14.3. The van der Waals surface area contributed by atoms with Gasteiger partial charge < -0.3 is 19.5 Å². The van der Waals surface area contributed by atoms with Gasteiger partial charge in [-0.25, -0.2) is 0 Å². The highest BCUT2D eigenvalue weighted by Crippen LogP contribution is 2.39. The van der Waals surface area contributed by atoms with Crippen LogP contribution in [0.2, 0.25) is 6.82 Å². The molecule has 1 unspecified atom stereocenters. The molecular weight excluding hydrogens is 554 g/mol. The average molecular weight is 602 g/mol. The maximum atomic E-state index is 13.8. The first kappa shape index (κ1) is 33.3. The van der Waals surface area contributed by atoms with Crippen LogP contribution in [-0.2, 0) is 4.79 Å². The Labute approximate surface area is 255 Å². The predicted molar refractivity (Wildman–Crippen MR) is 165 cm³/mol.